The summed E-state index contributed by atoms with van der Waals surface area (Å²) in [6.07, 6.45) is 11.3. The molecule has 33 heavy (non-hydrogen) atoms. The van der Waals surface area contributed by atoms with Crippen molar-refractivity contribution in [2.45, 2.75) is 112 Å². The van der Waals surface area contributed by atoms with Crippen LogP contribution in [0.5, 0.6) is 0 Å². The van der Waals surface area contributed by atoms with Gasteiger partial charge in [0.05, 0.1) is 6.10 Å². The molecule has 0 amide bonds. The third kappa shape index (κ3) is 2.75. The number of aliphatic hydroxyl groups is 1. The van der Waals surface area contributed by atoms with Crippen LogP contribution in [0, 0.1) is 56.7 Å². The molecule has 0 aromatic carbocycles. The summed E-state index contributed by atoms with van der Waals surface area (Å²) < 4.78 is 0. The number of carbonyl (C=O) groups excluding carboxylic acids is 1. The van der Waals surface area contributed by atoms with Crippen LogP contribution >= 0.6 is 0 Å². The van der Waals surface area contributed by atoms with Gasteiger partial charge in [0.15, 0.2) is 0 Å². The molecular weight excluding hydrogens is 408 g/mol. The topological polar surface area (TPSA) is 60.4 Å². The van der Waals surface area contributed by atoms with Gasteiger partial charge in [-0.1, -0.05) is 60.1 Å². The quantitative estimate of drug-likeness (QED) is 0.512. The summed E-state index contributed by atoms with van der Waals surface area (Å²) in [6.45, 7) is 16.8. The molecule has 0 saturated heterocycles. The van der Waals surface area contributed by atoms with E-state index in [0.717, 1.165) is 44.9 Å². The summed E-state index contributed by atoms with van der Waals surface area (Å²) >= 11 is 0. The highest BCUT2D eigenvalue weighted by atomic mass is 16.4. The second kappa shape index (κ2) is 7.11. The average molecular weight is 456 g/mol. The Labute approximate surface area is 201 Å². The smallest absolute Gasteiger partial charge is 0.0594 e. The number of rotatable bonds is 1. The number of carboxylic acids is 1. The maximum Gasteiger partial charge on any atom is 0.0594 e. The molecule has 186 valence electrons. The van der Waals surface area contributed by atoms with Crippen LogP contribution in [0.2, 0.25) is 0 Å². The van der Waals surface area contributed by atoms with E-state index < -0.39 is 11.4 Å². The Balaban J connectivity index is 1.61. The summed E-state index contributed by atoms with van der Waals surface area (Å²) in [5, 5.41) is 23.6. The maximum absolute atomic E-state index is 12.7. The van der Waals surface area contributed by atoms with Gasteiger partial charge in [-0.2, -0.15) is 0 Å². The zero-order valence-corrected chi connectivity index (χ0v) is 22.2. The molecule has 0 aromatic heterocycles. The number of hydrogen-bond donors (Lipinski definition) is 1. The molecule has 4 fully saturated rings. The summed E-state index contributed by atoms with van der Waals surface area (Å²) in [5.41, 5.74) is 1.24. The number of hydrogen-bond acceptors (Lipinski definition) is 3. The lowest BCUT2D eigenvalue weighted by atomic mass is 9.33. The number of allylic oxidation sites excluding steroid dienone is 2. The lowest BCUT2D eigenvalue weighted by Gasteiger charge is -2.71. The van der Waals surface area contributed by atoms with E-state index >= 15 is 0 Å². The van der Waals surface area contributed by atoms with Crippen molar-refractivity contribution in [2.24, 2.45) is 56.7 Å². The first-order valence-electron chi connectivity index (χ1n) is 13.9. The molecule has 5 rings (SSSR count). The normalized spacial score (nSPS) is 55.3. The van der Waals surface area contributed by atoms with Gasteiger partial charge in [-0.3, -0.25) is 0 Å². The number of carbonyl (C=O) groups is 1. The second-order valence-corrected chi connectivity index (χ2v) is 14.5. The van der Waals surface area contributed by atoms with Crippen LogP contribution in [-0.2, 0) is 4.79 Å². The van der Waals surface area contributed by atoms with Gasteiger partial charge < -0.3 is 15.0 Å². The number of fused-ring (bicyclic) bond motifs is 7. The average Bonchev–Trinajstić information content (AvgIpc) is 2.74. The highest BCUT2D eigenvalue weighted by Crippen LogP contribution is 2.75. The van der Waals surface area contributed by atoms with Crippen molar-refractivity contribution in [3.05, 3.63) is 11.6 Å². The van der Waals surface area contributed by atoms with Gasteiger partial charge in [0.1, 0.15) is 0 Å². The fourth-order valence-electron chi connectivity index (χ4n) is 10.8. The maximum atomic E-state index is 12.7. The van der Waals surface area contributed by atoms with Crippen molar-refractivity contribution in [1.82, 2.24) is 0 Å². The molecule has 5 aliphatic carbocycles. The SMILES string of the molecule is C[C@H]1[C@H](C)CC[C@]2(C(=O)[O-])CC[C@]3(C)C(=CC[C@@H]4[C@@]5(C)CC[C@@H](O)C(C)(C)[C@@H]5CC[C@]43C)[C@H]12. The summed E-state index contributed by atoms with van der Waals surface area (Å²) in [6, 6.07) is 0. The van der Waals surface area contributed by atoms with Crippen LogP contribution in [0.25, 0.3) is 0 Å². The largest absolute Gasteiger partial charge is 0.550 e. The van der Waals surface area contributed by atoms with Crippen molar-refractivity contribution in [3.63, 3.8) is 0 Å². The first kappa shape index (κ1) is 23.9. The zero-order valence-electron chi connectivity index (χ0n) is 22.2. The van der Waals surface area contributed by atoms with Crippen molar-refractivity contribution < 1.29 is 15.0 Å². The van der Waals surface area contributed by atoms with Gasteiger partial charge in [-0.15, -0.1) is 0 Å². The molecule has 3 nitrogen and oxygen atoms in total. The highest BCUT2D eigenvalue weighted by molar-refractivity contribution is 5.74. The van der Waals surface area contributed by atoms with Crippen molar-refractivity contribution in [3.8, 4) is 0 Å². The Kier molecular flexibility index (Phi) is 5.15. The van der Waals surface area contributed by atoms with Crippen molar-refractivity contribution in [1.29, 1.82) is 0 Å². The molecule has 5 aliphatic rings. The van der Waals surface area contributed by atoms with Gasteiger partial charge in [0, 0.05) is 11.4 Å². The highest BCUT2D eigenvalue weighted by Gasteiger charge is 2.68. The molecule has 0 bridgehead atoms. The van der Waals surface area contributed by atoms with E-state index in [2.05, 4.69) is 54.5 Å². The summed E-state index contributed by atoms with van der Waals surface area (Å²) in [5.74, 6) is 1.42. The fourth-order valence-corrected chi connectivity index (χ4v) is 10.8. The zero-order chi connectivity index (χ0) is 24.2. The van der Waals surface area contributed by atoms with Gasteiger partial charge >= 0.3 is 0 Å². The van der Waals surface area contributed by atoms with E-state index in [1.165, 1.54) is 18.4 Å². The minimum atomic E-state index is -0.792. The third-order valence-corrected chi connectivity index (χ3v) is 13.4. The van der Waals surface area contributed by atoms with Crippen LogP contribution in [0.15, 0.2) is 11.6 Å². The van der Waals surface area contributed by atoms with E-state index in [1.54, 1.807) is 0 Å². The Bertz CT molecular complexity index is 874. The molecule has 0 aromatic rings. The third-order valence-electron chi connectivity index (χ3n) is 13.4. The van der Waals surface area contributed by atoms with Crippen LogP contribution < -0.4 is 5.11 Å². The number of carboxylic acid groups (broad SMARTS) is 1. The molecule has 4 saturated carbocycles. The van der Waals surface area contributed by atoms with E-state index in [0.29, 0.717) is 23.7 Å². The molecule has 1 N–H and O–H groups in total. The Morgan fingerprint density at radius 1 is 0.939 bits per heavy atom. The molecular formula is C30H47O3-. The molecule has 0 aliphatic heterocycles. The van der Waals surface area contributed by atoms with Crippen LogP contribution in [0.4, 0.5) is 0 Å². The van der Waals surface area contributed by atoms with Crippen molar-refractivity contribution >= 4 is 5.97 Å². The lowest BCUT2D eigenvalue weighted by Crippen LogP contribution is -2.66. The second-order valence-electron chi connectivity index (χ2n) is 14.5. The van der Waals surface area contributed by atoms with Gasteiger partial charge in [-0.05, 0) is 109 Å². The van der Waals surface area contributed by atoms with Gasteiger partial charge in [0.25, 0.3) is 0 Å². The first-order chi connectivity index (χ1) is 15.3. The standard InChI is InChI=1S/C30H48O3/c1-18-10-15-30(25(32)33)17-16-28(6)20(24(30)19(18)2)8-9-22-27(5)13-12-23(31)26(3,4)21(27)11-14-29(22,28)7/h8,18-19,21-24,31H,9-17H2,1-7H3,(H,32,33)/p-1/t18-,19+,21+,22-,23-,24+,27+,28-,29-,30+/m1/s1. The summed E-state index contributed by atoms with van der Waals surface area (Å²) in [4.78, 5) is 12.7. The van der Waals surface area contributed by atoms with E-state index in [9.17, 15) is 15.0 Å². The Morgan fingerprint density at radius 3 is 2.30 bits per heavy atom. The predicted molar refractivity (Wildman–Crippen MR) is 130 cm³/mol. The molecule has 3 heteroatoms. The Hall–Kier alpha value is -0.830. The molecule has 0 radical (unpaired) electrons. The van der Waals surface area contributed by atoms with Gasteiger partial charge in [-0.25, -0.2) is 0 Å². The lowest BCUT2D eigenvalue weighted by molar-refractivity contribution is -0.327. The number of aliphatic carboxylic acids is 1. The summed E-state index contributed by atoms with van der Waals surface area (Å²) in [7, 11) is 0. The van der Waals surface area contributed by atoms with Crippen LogP contribution in [-0.4, -0.2) is 17.2 Å². The predicted octanol–water partition coefficient (Wildman–Crippen LogP) is 5.75. The van der Waals surface area contributed by atoms with Crippen LogP contribution in [0.1, 0.15) is 106 Å². The molecule has 0 spiro atoms. The molecule has 10 atom stereocenters. The van der Waals surface area contributed by atoms with E-state index in [1.807, 2.05) is 0 Å². The van der Waals surface area contributed by atoms with E-state index in [-0.39, 0.29) is 33.7 Å². The minimum absolute atomic E-state index is 0.0385. The fraction of sp³-hybridized carbons (Fsp3) is 0.900. The monoisotopic (exact) mass is 455 g/mol. The number of aliphatic hydroxyl groups excluding tert-OH is 1. The minimum Gasteiger partial charge on any atom is -0.550 e. The molecule has 0 heterocycles. The Morgan fingerprint density at radius 2 is 1.64 bits per heavy atom. The van der Waals surface area contributed by atoms with Gasteiger partial charge in [0.2, 0.25) is 0 Å². The molecule has 0 unspecified atom stereocenters. The first-order valence-corrected chi connectivity index (χ1v) is 13.9. The van der Waals surface area contributed by atoms with E-state index in [4.69, 9.17) is 0 Å². The van der Waals surface area contributed by atoms with Crippen molar-refractivity contribution in [2.75, 3.05) is 0 Å². The van der Waals surface area contributed by atoms with Crippen LogP contribution in [0.3, 0.4) is 0 Å².